The normalized spacial score (nSPS) is 11.7. The van der Waals surface area contributed by atoms with E-state index in [1.807, 2.05) is 12.2 Å². The van der Waals surface area contributed by atoms with Gasteiger partial charge in [0.15, 0.2) is 6.10 Å². The number of esters is 3. The summed E-state index contributed by atoms with van der Waals surface area (Å²) in [6, 6.07) is 0. The van der Waals surface area contributed by atoms with Crippen LogP contribution < -0.4 is 0 Å². The number of hydrogen-bond donors (Lipinski definition) is 0. The summed E-state index contributed by atoms with van der Waals surface area (Å²) in [6.07, 6.45) is 28.1. The number of unbranched alkanes of at least 4 members (excludes halogenated alkanes) is 15. The molecule has 6 nitrogen and oxygen atoms in total. The topological polar surface area (TPSA) is 78.9 Å². The quantitative estimate of drug-likeness (QED) is 0.0367. The molecule has 0 spiro atoms. The third-order valence-corrected chi connectivity index (χ3v) is 6.89. The molecule has 0 saturated heterocycles. The first kappa shape index (κ1) is 38.6. The van der Waals surface area contributed by atoms with E-state index in [4.69, 9.17) is 14.2 Å². The van der Waals surface area contributed by atoms with Crippen LogP contribution in [0.15, 0.2) is 37.5 Å². The predicted octanol–water partition coefficient (Wildman–Crippen LogP) is 9.51. The Bertz CT molecular complexity index is 699. The number of allylic oxidation sites excluding steroid dienone is 4. The summed E-state index contributed by atoms with van der Waals surface area (Å²) in [4.78, 5) is 36.9. The standard InChI is InChI=1S/C35H60O6/c1-4-7-10-13-16-17-20-22-25-28-34(37)40-31-32(41-35(38)29-26-23-19-15-12-9-6-3)30-39-33(36)27-24-21-18-14-11-8-5-2/h5-7,10,32H,2-4,8-9,11-31H2,1H3. The number of carbonyl (C=O) groups excluding carboxylic acids is 3. The molecule has 0 aromatic heterocycles. The highest BCUT2D eigenvalue weighted by Gasteiger charge is 2.19. The Balaban J connectivity index is 4.37. The molecule has 0 aromatic carbocycles. The first-order valence-electron chi connectivity index (χ1n) is 16.4. The van der Waals surface area contributed by atoms with Gasteiger partial charge in [0.1, 0.15) is 13.2 Å². The van der Waals surface area contributed by atoms with E-state index in [0.29, 0.717) is 19.3 Å². The van der Waals surface area contributed by atoms with Crippen molar-refractivity contribution in [3.8, 4) is 0 Å². The fourth-order valence-electron chi connectivity index (χ4n) is 4.40. The van der Waals surface area contributed by atoms with Crippen LogP contribution in [0, 0.1) is 0 Å². The minimum atomic E-state index is -0.780. The highest BCUT2D eigenvalue weighted by Crippen LogP contribution is 2.12. The summed E-state index contributed by atoms with van der Waals surface area (Å²) in [5, 5.41) is 0. The second kappa shape index (κ2) is 30.6. The highest BCUT2D eigenvalue weighted by molar-refractivity contribution is 5.71. The lowest BCUT2D eigenvalue weighted by Crippen LogP contribution is -2.30. The fraction of sp³-hybridized carbons (Fsp3) is 0.743. The molecule has 0 aromatic rings. The Morgan fingerprint density at radius 1 is 0.537 bits per heavy atom. The molecule has 6 heteroatoms. The van der Waals surface area contributed by atoms with E-state index < -0.39 is 6.10 Å². The fourth-order valence-corrected chi connectivity index (χ4v) is 4.40. The van der Waals surface area contributed by atoms with Gasteiger partial charge in [-0.05, 0) is 64.2 Å². The molecule has 0 rings (SSSR count). The predicted molar refractivity (Wildman–Crippen MR) is 169 cm³/mol. The molecule has 0 aliphatic carbocycles. The van der Waals surface area contributed by atoms with Gasteiger partial charge in [-0.1, -0.05) is 89.0 Å². The van der Waals surface area contributed by atoms with E-state index in [9.17, 15) is 14.4 Å². The molecule has 0 bridgehead atoms. The first-order chi connectivity index (χ1) is 20.0. The molecule has 1 atom stereocenters. The number of hydrogen-bond acceptors (Lipinski definition) is 6. The molecule has 1 unspecified atom stereocenters. The van der Waals surface area contributed by atoms with Gasteiger partial charge >= 0.3 is 17.9 Å². The first-order valence-corrected chi connectivity index (χ1v) is 16.4. The number of rotatable bonds is 30. The van der Waals surface area contributed by atoms with E-state index in [1.54, 1.807) is 0 Å². The second-order valence-electron chi connectivity index (χ2n) is 10.9. The zero-order chi connectivity index (χ0) is 30.2. The van der Waals surface area contributed by atoms with Crippen molar-refractivity contribution in [3.63, 3.8) is 0 Å². The van der Waals surface area contributed by atoms with Crippen molar-refractivity contribution in [2.45, 2.75) is 154 Å². The third-order valence-electron chi connectivity index (χ3n) is 6.89. The van der Waals surface area contributed by atoms with Gasteiger partial charge in [-0.3, -0.25) is 14.4 Å². The van der Waals surface area contributed by atoms with E-state index in [0.717, 1.165) is 116 Å². The van der Waals surface area contributed by atoms with Gasteiger partial charge in [0.05, 0.1) is 0 Å². The molecule has 0 N–H and O–H groups in total. The third kappa shape index (κ3) is 28.9. The average molecular weight is 577 g/mol. The Kier molecular flexibility index (Phi) is 28.8. The van der Waals surface area contributed by atoms with E-state index in [2.05, 4.69) is 32.2 Å². The van der Waals surface area contributed by atoms with Crippen LogP contribution >= 0.6 is 0 Å². The molecule has 0 fully saturated rings. The van der Waals surface area contributed by atoms with Crippen LogP contribution in [0.1, 0.15) is 148 Å². The van der Waals surface area contributed by atoms with Crippen LogP contribution in [0.25, 0.3) is 0 Å². The minimum absolute atomic E-state index is 0.0908. The Hall–Kier alpha value is -2.37. The Morgan fingerprint density at radius 2 is 0.927 bits per heavy atom. The minimum Gasteiger partial charge on any atom is -0.462 e. The van der Waals surface area contributed by atoms with Gasteiger partial charge in [0.2, 0.25) is 0 Å². The molecule has 41 heavy (non-hydrogen) atoms. The lowest BCUT2D eigenvalue weighted by atomic mass is 10.1. The summed E-state index contributed by atoms with van der Waals surface area (Å²) < 4.78 is 16.3. The van der Waals surface area contributed by atoms with E-state index >= 15 is 0 Å². The summed E-state index contributed by atoms with van der Waals surface area (Å²) in [5.74, 6) is -0.964. The van der Waals surface area contributed by atoms with Crippen molar-refractivity contribution in [1.29, 1.82) is 0 Å². The highest BCUT2D eigenvalue weighted by atomic mass is 16.6. The monoisotopic (exact) mass is 576 g/mol. The second-order valence-corrected chi connectivity index (χ2v) is 10.9. The average Bonchev–Trinajstić information content (AvgIpc) is 2.96. The van der Waals surface area contributed by atoms with Gasteiger partial charge in [0.25, 0.3) is 0 Å². The van der Waals surface area contributed by atoms with Gasteiger partial charge in [0, 0.05) is 19.3 Å². The summed E-state index contributed by atoms with van der Waals surface area (Å²) in [6.45, 7) is 9.42. The van der Waals surface area contributed by atoms with E-state index in [-0.39, 0.29) is 31.1 Å². The smallest absolute Gasteiger partial charge is 0.306 e. The molecule has 0 aliphatic heterocycles. The van der Waals surface area contributed by atoms with Crippen molar-refractivity contribution >= 4 is 17.9 Å². The molecule has 0 saturated carbocycles. The maximum atomic E-state index is 12.4. The van der Waals surface area contributed by atoms with Gasteiger partial charge in [-0.25, -0.2) is 0 Å². The van der Waals surface area contributed by atoms with Gasteiger partial charge in [-0.2, -0.15) is 0 Å². The lowest BCUT2D eigenvalue weighted by Gasteiger charge is -2.18. The molecule has 0 amide bonds. The summed E-state index contributed by atoms with van der Waals surface area (Å²) >= 11 is 0. The van der Waals surface area contributed by atoms with Gasteiger partial charge < -0.3 is 14.2 Å². The van der Waals surface area contributed by atoms with Crippen molar-refractivity contribution in [3.05, 3.63) is 37.5 Å². The SMILES string of the molecule is C=CCCCCCCCC(=O)OCC(COC(=O)CCCCCCCC=CCC)OC(=O)CCCCCCCC=C. The van der Waals surface area contributed by atoms with Crippen LogP contribution in [-0.2, 0) is 28.6 Å². The zero-order valence-electron chi connectivity index (χ0n) is 26.2. The summed E-state index contributed by atoms with van der Waals surface area (Å²) in [5.41, 5.74) is 0. The summed E-state index contributed by atoms with van der Waals surface area (Å²) in [7, 11) is 0. The molecular weight excluding hydrogens is 516 g/mol. The molecule has 0 radical (unpaired) electrons. The Labute approximate surface area is 251 Å². The van der Waals surface area contributed by atoms with Crippen LogP contribution in [-0.4, -0.2) is 37.2 Å². The lowest BCUT2D eigenvalue weighted by molar-refractivity contribution is -0.167. The van der Waals surface area contributed by atoms with Crippen molar-refractivity contribution < 1.29 is 28.6 Å². The van der Waals surface area contributed by atoms with Crippen molar-refractivity contribution in [2.24, 2.45) is 0 Å². The van der Waals surface area contributed by atoms with Crippen molar-refractivity contribution in [2.75, 3.05) is 13.2 Å². The molecule has 0 aliphatic rings. The molecular formula is C35H60O6. The van der Waals surface area contributed by atoms with E-state index in [1.165, 1.54) is 6.42 Å². The van der Waals surface area contributed by atoms with Crippen LogP contribution in [0.2, 0.25) is 0 Å². The van der Waals surface area contributed by atoms with Crippen molar-refractivity contribution in [1.82, 2.24) is 0 Å². The number of ether oxygens (including phenoxy) is 3. The number of carbonyl (C=O) groups is 3. The molecule has 236 valence electrons. The van der Waals surface area contributed by atoms with Crippen LogP contribution in [0.4, 0.5) is 0 Å². The zero-order valence-corrected chi connectivity index (χ0v) is 26.2. The maximum absolute atomic E-state index is 12.4. The van der Waals surface area contributed by atoms with Gasteiger partial charge in [-0.15, -0.1) is 13.2 Å². The Morgan fingerprint density at radius 3 is 1.37 bits per heavy atom. The largest absolute Gasteiger partial charge is 0.462 e. The maximum Gasteiger partial charge on any atom is 0.306 e. The van der Waals surface area contributed by atoms with Crippen LogP contribution in [0.3, 0.4) is 0 Å². The molecule has 0 heterocycles. The van der Waals surface area contributed by atoms with Crippen LogP contribution in [0.5, 0.6) is 0 Å².